The zero-order valence-electron chi connectivity index (χ0n) is 16.6. The summed E-state index contributed by atoms with van der Waals surface area (Å²) in [5.74, 6) is 4.69. The number of piperazine rings is 1. The topological polar surface area (TPSA) is 49.3 Å². The predicted octanol–water partition coefficient (Wildman–Crippen LogP) is 4.06. The van der Waals surface area contributed by atoms with Gasteiger partial charge >= 0.3 is 6.18 Å². The average molecular weight is 460 g/mol. The van der Waals surface area contributed by atoms with E-state index in [0.29, 0.717) is 42.7 Å². The van der Waals surface area contributed by atoms with Crippen molar-refractivity contribution in [1.82, 2.24) is 14.3 Å². The molecule has 0 spiro atoms. The number of nitrogens with zero attached hydrogens (tertiary/aromatic N) is 4. The Morgan fingerprint density at radius 1 is 1.03 bits per heavy atom. The molecule has 10 heteroatoms. The fourth-order valence-corrected chi connectivity index (χ4v) is 3.88. The van der Waals surface area contributed by atoms with Crippen molar-refractivity contribution in [3.05, 3.63) is 65.5 Å². The van der Waals surface area contributed by atoms with Crippen LogP contribution in [0.3, 0.4) is 0 Å². The number of halogens is 4. The number of anilines is 1. The van der Waals surface area contributed by atoms with Gasteiger partial charge in [-0.1, -0.05) is 12.0 Å². The van der Waals surface area contributed by atoms with Crippen LogP contribution in [0.1, 0.15) is 11.1 Å². The maximum atomic E-state index is 13.1. The molecule has 0 saturated carbocycles. The van der Waals surface area contributed by atoms with Gasteiger partial charge in [0, 0.05) is 54.8 Å². The quantitative estimate of drug-likeness (QED) is 0.428. The van der Waals surface area contributed by atoms with Crippen molar-refractivity contribution in [2.45, 2.75) is 6.18 Å². The number of rotatable bonds is 2. The number of hydrogen-bond acceptors (Lipinski definition) is 5. The fourth-order valence-electron chi connectivity index (χ4n) is 3.14. The number of carbonyl (C=O) groups is 1. The molecule has 1 aliphatic rings. The third-order valence-corrected chi connectivity index (χ3v) is 5.64. The van der Waals surface area contributed by atoms with E-state index in [-0.39, 0.29) is 11.4 Å². The van der Waals surface area contributed by atoms with Gasteiger partial charge in [-0.3, -0.25) is 4.79 Å². The second-order valence-electron chi connectivity index (χ2n) is 7.02. The van der Waals surface area contributed by atoms with Gasteiger partial charge < -0.3 is 9.80 Å². The number of benzene rings is 2. The Morgan fingerprint density at radius 2 is 1.75 bits per heavy atom. The molecule has 0 bridgehead atoms. The molecule has 1 aromatic heterocycles. The number of aromatic nitrogens is 2. The number of alkyl halides is 3. The standard InChI is InChI=1S/C22H16F4N4OS/c23-18-7-5-16(6-8-18)20-27-21(32-28-20)30-12-10-29(11-13-30)19(31)9-4-15-2-1-3-17(14-15)22(24,25)26/h1-3,5-8,14H,10-13H2. The van der Waals surface area contributed by atoms with Gasteiger partial charge in [-0.2, -0.15) is 22.5 Å². The van der Waals surface area contributed by atoms with Gasteiger partial charge in [-0.05, 0) is 42.5 Å². The largest absolute Gasteiger partial charge is 0.416 e. The average Bonchev–Trinajstić information content (AvgIpc) is 3.28. The summed E-state index contributed by atoms with van der Waals surface area (Å²) in [4.78, 5) is 20.4. The lowest BCUT2D eigenvalue weighted by Crippen LogP contribution is -2.48. The number of hydrogen-bond donors (Lipinski definition) is 0. The molecule has 1 aliphatic heterocycles. The van der Waals surface area contributed by atoms with E-state index in [1.165, 1.54) is 35.8 Å². The third kappa shape index (κ3) is 5.06. The molecule has 0 atom stereocenters. The highest BCUT2D eigenvalue weighted by molar-refractivity contribution is 7.09. The van der Waals surface area contributed by atoms with Crippen LogP contribution in [-0.2, 0) is 11.0 Å². The number of carbonyl (C=O) groups excluding carboxylic acids is 1. The Balaban J connectivity index is 1.36. The first-order chi connectivity index (χ1) is 15.3. The number of amides is 1. The monoisotopic (exact) mass is 460 g/mol. The highest BCUT2D eigenvalue weighted by Gasteiger charge is 2.30. The van der Waals surface area contributed by atoms with Gasteiger partial charge in [0.2, 0.25) is 5.13 Å². The second kappa shape index (κ2) is 8.96. The Kier molecular flexibility index (Phi) is 6.10. The summed E-state index contributed by atoms with van der Waals surface area (Å²) in [5.41, 5.74) is 0.0454. The maximum absolute atomic E-state index is 13.1. The van der Waals surface area contributed by atoms with Crippen LogP contribution in [0.15, 0.2) is 48.5 Å². The molecular weight excluding hydrogens is 444 g/mol. The maximum Gasteiger partial charge on any atom is 0.416 e. The zero-order chi connectivity index (χ0) is 22.7. The first-order valence-corrected chi connectivity index (χ1v) is 10.4. The molecule has 32 heavy (non-hydrogen) atoms. The molecule has 2 heterocycles. The van der Waals surface area contributed by atoms with Crippen molar-refractivity contribution >= 4 is 22.6 Å². The van der Waals surface area contributed by atoms with Crippen LogP contribution in [0.25, 0.3) is 11.4 Å². The molecule has 164 valence electrons. The van der Waals surface area contributed by atoms with Crippen LogP contribution in [-0.4, -0.2) is 46.3 Å². The van der Waals surface area contributed by atoms with Crippen LogP contribution in [0.5, 0.6) is 0 Å². The van der Waals surface area contributed by atoms with Gasteiger partial charge in [0.15, 0.2) is 5.82 Å². The molecule has 0 N–H and O–H groups in total. The second-order valence-corrected chi connectivity index (χ2v) is 7.75. The predicted molar refractivity (Wildman–Crippen MR) is 112 cm³/mol. The minimum absolute atomic E-state index is 0.133. The molecule has 5 nitrogen and oxygen atoms in total. The molecule has 3 aromatic rings. The first kappa shape index (κ1) is 21.8. The van der Waals surface area contributed by atoms with Gasteiger partial charge in [0.05, 0.1) is 5.56 Å². The molecule has 1 fully saturated rings. The minimum atomic E-state index is -4.46. The SMILES string of the molecule is O=C(C#Cc1cccc(C(F)(F)F)c1)N1CCN(c2nc(-c3ccc(F)cc3)ns2)CC1. The summed E-state index contributed by atoms with van der Waals surface area (Å²) in [6, 6.07) is 10.5. The Bertz CT molecular complexity index is 1170. The van der Waals surface area contributed by atoms with Crippen LogP contribution < -0.4 is 4.90 Å². The smallest absolute Gasteiger partial charge is 0.343 e. The summed E-state index contributed by atoms with van der Waals surface area (Å²) in [6.07, 6.45) is -4.46. The van der Waals surface area contributed by atoms with Crippen molar-refractivity contribution in [1.29, 1.82) is 0 Å². The fraction of sp³-hybridized carbons (Fsp3) is 0.227. The molecule has 2 aromatic carbocycles. The molecule has 1 amide bonds. The van der Waals surface area contributed by atoms with Crippen LogP contribution >= 0.6 is 11.5 Å². The summed E-state index contributed by atoms with van der Waals surface area (Å²) in [7, 11) is 0. The normalized spacial score (nSPS) is 14.1. The molecule has 4 rings (SSSR count). The molecule has 0 unspecified atom stereocenters. The van der Waals surface area contributed by atoms with E-state index in [0.717, 1.165) is 12.1 Å². The molecule has 0 aliphatic carbocycles. The lowest BCUT2D eigenvalue weighted by atomic mass is 10.1. The molecular formula is C22H16F4N4OS. The lowest BCUT2D eigenvalue weighted by Gasteiger charge is -2.33. The Hall–Kier alpha value is -3.45. The lowest BCUT2D eigenvalue weighted by molar-refractivity contribution is -0.137. The molecule has 1 saturated heterocycles. The highest BCUT2D eigenvalue weighted by atomic mass is 32.1. The van der Waals surface area contributed by atoms with E-state index >= 15 is 0 Å². The minimum Gasteiger partial charge on any atom is -0.343 e. The van der Waals surface area contributed by atoms with Gasteiger partial charge in [-0.15, -0.1) is 0 Å². The van der Waals surface area contributed by atoms with Crippen molar-refractivity contribution in [3.63, 3.8) is 0 Å². The highest BCUT2D eigenvalue weighted by Crippen LogP contribution is 2.29. The molecule has 0 radical (unpaired) electrons. The Labute approximate surface area is 185 Å². The summed E-state index contributed by atoms with van der Waals surface area (Å²) >= 11 is 1.22. The van der Waals surface area contributed by atoms with E-state index in [2.05, 4.69) is 21.2 Å². The van der Waals surface area contributed by atoms with E-state index in [1.54, 1.807) is 17.0 Å². The van der Waals surface area contributed by atoms with Crippen LogP contribution in [0.4, 0.5) is 22.7 Å². The zero-order valence-corrected chi connectivity index (χ0v) is 17.4. The third-order valence-electron chi connectivity index (χ3n) is 4.86. The van der Waals surface area contributed by atoms with Crippen molar-refractivity contribution in [2.75, 3.05) is 31.1 Å². The Morgan fingerprint density at radius 3 is 2.44 bits per heavy atom. The van der Waals surface area contributed by atoms with Gasteiger partial charge in [0.1, 0.15) is 5.82 Å². The van der Waals surface area contributed by atoms with E-state index < -0.39 is 17.6 Å². The van der Waals surface area contributed by atoms with Gasteiger partial charge in [-0.25, -0.2) is 4.39 Å². The van der Waals surface area contributed by atoms with Crippen molar-refractivity contribution < 1.29 is 22.4 Å². The summed E-state index contributed by atoms with van der Waals surface area (Å²) < 4.78 is 55.8. The summed E-state index contributed by atoms with van der Waals surface area (Å²) in [5, 5.41) is 0.700. The summed E-state index contributed by atoms with van der Waals surface area (Å²) in [6.45, 7) is 1.85. The van der Waals surface area contributed by atoms with Crippen LogP contribution in [0, 0.1) is 17.7 Å². The van der Waals surface area contributed by atoms with Gasteiger partial charge in [0.25, 0.3) is 5.91 Å². The van der Waals surface area contributed by atoms with E-state index in [9.17, 15) is 22.4 Å². The van der Waals surface area contributed by atoms with Crippen LogP contribution in [0.2, 0.25) is 0 Å². The van der Waals surface area contributed by atoms with Crippen molar-refractivity contribution in [3.8, 4) is 23.2 Å². The van der Waals surface area contributed by atoms with Crippen molar-refractivity contribution in [2.24, 2.45) is 0 Å². The van der Waals surface area contributed by atoms with E-state index in [1.807, 2.05) is 4.90 Å². The first-order valence-electron chi connectivity index (χ1n) is 9.62. The van der Waals surface area contributed by atoms with E-state index in [4.69, 9.17) is 0 Å².